The van der Waals surface area contributed by atoms with Crippen molar-refractivity contribution in [3.8, 4) is 11.5 Å². The normalized spacial score (nSPS) is 10.9. The molecule has 0 bridgehead atoms. The highest BCUT2D eigenvalue weighted by atomic mass is 16.5. The molecule has 0 fully saturated rings. The van der Waals surface area contributed by atoms with Crippen LogP contribution >= 0.6 is 0 Å². The number of ether oxygens (including phenoxy) is 2. The zero-order chi connectivity index (χ0) is 19.1. The number of carboxylic acids is 1. The van der Waals surface area contributed by atoms with E-state index in [-0.39, 0.29) is 12.0 Å². The van der Waals surface area contributed by atoms with E-state index < -0.39 is 11.5 Å². The van der Waals surface area contributed by atoms with Gasteiger partial charge in [0.15, 0.2) is 11.5 Å². The lowest BCUT2D eigenvalue weighted by Gasteiger charge is -2.10. The van der Waals surface area contributed by atoms with Crippen molar-refractivity contribution >= 4 is 18.1 Å². The monoisotopic (exact) mass is 358 g/mol. The molecule has 0 aliphatic carbocycles. The quantitative estimate of drug-likeness (QED) is 0.752. The summed E-state index contributed by atoms with van der Waals surface area (Å²) in [4.78, 5) is 29.7. The van der Waals surface area contributed by atoms with E-state index in [1.54, 1.807) is 26.2 Å². The van der Waals surface area contributed by atoms with Crippen molar-refractivity contribution in [3.63, 3.8) is 0 Å². The summed E-state index contributed by atoms with van der Waals surface area (Å²) >= 11 is 0. The molecule has 2 N–H and O–H groups in total. The fourth-order valence-corrected chi connectivity index (χ4v) is 2.36. The molecule has 7 heteroatoms. The van der Waals surface area contributed by atoms with E-state index in [1.165, 1.54) is 0 Å². The van der Waals surface area contributed by atoms with E-state index in [9.17, 15) is 9.59 Å². The topological polar surface area (TPSA) is 102 Å². The molecule has 138 valence electrons. The number of aromatic nitrogens is 2. The molecule has 0 saturated carbocycles. The summed E-state index contributed by atoms with van der Waals surface area (Å²) in [6.07, 6.45) is 3.98. The smallest absolute Gasteiger partial charge is 0.308 e. The fraction of sp³-hybridized carbons (Fsp3) is 0.316. The van der Waals surface area contributed by atoms with Crippen LogP contribution in [-0.2, 0) is 11.2 Å². The Hall–Kier alpha value is -3.09. The molecule has 0 spiro atoms. The van der Waals surface area contributed by atoms with Crippen molar-refractivity contribution in [1.29, 1.82) is 0 Å². The number of carbonyl (C=O) groups is 1. The van der Waals surface area contributed by atoms with Crippen LogP contribution in [0.5, 0.6) is 11.5 Å². The van der Waals surface area contributed by atoms with Gasteiger partial charge in [-0.25, -0.2) is 4.98 Å². The lowest BCUT2D eigenvalue weighted by Crippen LogP contribution is -2.20. The van der Waals surface area contributed by atoms with Gasteiger partial charge in [0, 0.05) is 11.3 Å². The van der Waals surface area contributed by atoms with Crippen LogP contribution in [0.25, 0.3) is 12.2 Å². The third-order valence-electron chi connectivity index (χ3n) is 3.65. The van der Waals surface area contributed by atoms with Crippen LogP contribution in [0.1, 0.15) is 36.0 Å². The molecule has 0 aliphatic rings. The summed E-state index contributed by atoms with van der Waals surface area (Å²) in [6, 6.07) is 5.52. The molecule has 0 atom stereocenters. The zero-order valence-corrected chi connectivity index (χ0v) is 15.0. The van der Waals surface area contributed by atoms with E-state index in [4.69, 9.17) is 14.6 Å². The maximum atomic E-state index is 12.0. The van der Waals surface area contributed by atoms with Gasteiger partial charge in [0.25, 0.3) is 5.56 Å². The average Bonchev–Trinajstić information content (AvgIpc) is 2.61. The van der Waals surface area contributed by atoms with Crippen LogP contribution in [-0.4, -0.2) is 34.8 Å². The molecule has 0 saturated heterocycles. The van der Waals surface area contributed by atoms with Crippen molar-refractivity contribution in [2.24, 2.45) is 0 Å². The van der Waals surface area contributed by atoms with Crippen LogP contribution in [0, 0.1) is 6.92 Å². The Balaban J connectivity index is 2.24. The van der Waals surface area contributed by atoms with E-state index in [2.05, 4.69) is 9.97 Å². The first-order valence-electron chi connectivity index (χ1n) is 8.25. The Morgan fingerprint density at radius 2 is 2.08 bits per heavy atom. The van der Waals surface area contributed by atoms with Crippen molar-refractivity contribution in [3.05, 3.63) is 51.2 Å². The lowest BCUT2D eigenvalue weighted by molar-refractivity contribution is -0.136. The number of hydrogen-bond acceptors (Lipinski definition) is 5. The minimum absolute atomic E-state index is 0.161. The maximum Gasteiger partial charge on any atom is 0.308 e. The second-order valence-corrected chi connectivity index (χ2v) is 5.68. The molecule has 26 heavy (non-hydrogen) atoms. The first-order chi connectivity index (χ1) is 12.4. The van der Waals surface area contributed by atoms with Crippen molar-refractivity contribution in [2.45, 2.75) is 26.7 Å². The molecule has 2 rings (SSSR count). The van der Waals surface area contributed by atoms with Gasteiger partial charge in [-0.1, -0.05) is 19.1 Å². The van der Waals surface area contributed by atoms with Gasteiger partial charge in [-0.2, -0.15) is 0 Å². The number of aromatic amines is 1. The Bertz CT molecular complexity index is 871. The highest BCUT2D eigenvalue weighted by molar-refractivity contribution is 5.71. The van der Waals surface area contributed by atoms with Gasteiger partial charge >= 0.3 is 5.97 Å². The van der Waals surface area contributed by atoms with Crippen LogP contribution in [0.2, 0.25) is 0 Å². The van der Waals surface area contributed by atoms with E-state index in [0.717, 1.165) is 12.0 Å². The predicted molar refractivity (Wildman–Crippen MR) is 98.6 cm³/mol. The number of carboxylic acid groups (broad SMARTS) is 1. The van der Waals surface area contributed by atoms with Crippen LogP contribution in [0.15, 0.2) is 23.0 Å². The van der Waals surface area contributed by atoms with Crippen molar-refractivity contribution in [1.82, 2.24) is 9.97 Å². The molecule has 0 radical (unpaired) electrons. The number of H-pyrrole nitrogens is 1. The minimum atomic E-state index is -1.07. The lowest BCUT2D eigenvalue weighted by atomic mass is 10.1. The zero-order valence-electron chi connectivity index (χ0n) is 15.0. The Kier molecular flexibility index (Phi) is 6.54. The predicted octanol–water partition coefficient (Wildman–Crippen LogP) is 2.67. The Labute approximate surface area is 151 Å². The summed E-state index contributed by atoms with van der Waals surface area (Å²) < 4.78 is 11.0. The first kappa shape index (κ1) is 19.2. The molecule has 0 unspecified atom stereocenters. The number of hydrogen-bond donors (Lipinski definition) is 2. The summed E-state index contributed by atoms with van der Waals surface area (Å²) in [5.41, 5.74) is 0.964. The number of methoxy groups -OCH3 is 1. The Morgan fingerprint density at radius 3 is 2.69 bits per heavy atom. The number of nitrogens with zero attached hydrogens (tertiary/aromatic N) is 1. The van der Waals surface area contributed by atoms with Gasteiger partial charge in [-0.05, 0) is 37.1 Å². The van der Waals surface area contributed by atoms with Crippen LogP contribution in [0.3, 0.4) is 0 Å². The Morgan fingerprint density at radius 1 is 1.31 bits per heavy atom. The maximum absolute atomic E-state index is 12.0. The summed E-state index contributed by atoms with van der Waals surface area (Å²) in [7, 11) is 1.57. The van der Waals surface area contributed by atoms with Gasteiger partial charge in [-0.15, -0.1) is 0 Å². The highest BCUT2D eigenvalue weighted by Gasteiger charge is 2.11. The van der Waals surface area contributed by atoms with Crippen molar-refractivity contribution < 1.29 is 19.4 Å². The third-order valence-corrected chi connectivity index (χ3v) is 3.65. The molecule has 1 aromatic heterocycles. The van der Waals surface area contributed by atoms with Crippen LogP contribution in [0.4, 0.5) is 0 Å². The summed E-state index contributed by atoms with van der Waals surface area (Å²) in [6.45, 7) is 4.26. The SMILES string of the molecule is CCCOc1ccc(/C=C/c2nc(C)c(CC(=O)O)c(=O)[nH]2)cc1OC. The van der Waals surface area contributed by atoms with Gasteiger partial charge in [0.2, 0.25) is 0 Å². The van der Waals surface area contributed by atoms with Crippen molar-refractivity contribution in [2.75, 3.05) is 13.7 Å². The van der Waals surface area contributed by atoms with Gasteiger partial charge in [-0.3, -0.25) is 9.59 Å². The number of aliphatic carboxylic acids is 1. The molecule has 7 nitrogen and oxygen atoms in total. The molecule has 0 amide bonds. The van der Waals surface area contributed by atoms with Gasteiger partial charge < -0.3 is 19.6 Å². The molecule has 0 aliphatic heterocycles. The number of rotatable bonds is 8. The number of aryl methyl sites for hydroxylation is 1. The number of benzene rings is 1. The summed E-state index contributed by atoms with van der Waals surface area (Å²) in [5.74, 6) is 0.579. The van der Waals surface area contributed by atoms with E-state index in [0.29, 0.717) is 29.6 Å². The molecule has 1 aromatic carbocycles. The number of nitrogens with one attached hydrogen (secondary N) is 1. The second kappa shape index (κ2) is 8.84. The standard InChI is InChI=1S/C19H22N2O5/c1-4-9-26-15-7-5-13(10-16(15)25-3)6-8-17-20-12(2)14(11-18(22)23)19(24)21-17/h5-8,10H,4,9,11H2,1-3H3,(H,22,23)(H,20,21,24)/b8-6+. The molecular formula is C19H22N2O5. The summed E-state index contributed by atoms with van der Waals surface area (Å²) in [5, 5.41) is 8.85. The second-order valence-electron chi connectivity index (χ2n) is 5.68. The van der Waals surface area contributed by atoms with Gasteiger partial charge in [0.05, 0.1) is 20.1 Å². The van der Waals surface area contributed by atoms with E-state index in [1.807, 2.05) is 25.1 Å². The molecule has 2 aromatic rings. The first-order valence-corrected chi connectivity index (χ1v) is 8.25. The molecule has 1 heterocycles. The third kappa shape index (κ3) is 4.95. The van der Waals surface area contributed by atoms with E-state index >= 15 is 0 Å². The highest BCUT2D eigenvalue weighted by Crippen LogP contribution is 2.28. The largest absolute Gasteiger partial charge is 0.493 e. The van der Waals surface area contributed by atoms with Gasteiger partial charge in [0.1, 0.15) is 5.82 Å². The van der Waals surface area contributed by atoms with Crippen LogP contribution < -0.4 is 15.0 Å². The molecular weight excluding hydrogens is 336 g/mol. The minimum Gasteiger partial charge on any atom is -0.493 e. The fourth-order valence-electron chi connectivity index (χ4n) is 2.36. The average molecular weight is 358 g/mol.